The molecule has 4 nitrogen and oxygen atoms in total. The first-order valence-electron chi connectivity index (χ1n) is 7.30. The lowest BCUT2D eigenvalue weighted by Crippen LogP contribution is -2.04. The maximum absolute atomic E-state index is 12.6. The highest BCUT2D eigenvalue weighted by atomic mass is 19.4. The summed E-state index contributed by atoms with van der Waals surface area (Å²) in [6.07, 6.45) is 0.831. The van der Waals surface area contributed by atoms with Gasteiger partial charge in [-0.1, -0.05) is 12.1 Å². The van der Waals surface area contributed by atoms with Gasteiger partial charge in [-0.15, -0.1) is 0 Å². The van der Waals surface area contributed by atoms with E-state index in [9.17, 15) is 13.2 Å². The van der Waals surface area contributed by atoms with Crippen molar-refractivity contribution in [2.24, 2.45) is 0 Å². The van der Waals surface area contributed by atoms with Crippen LogP contribution >= 0.6 is 0 Å². The molecule has 24 heavy (non-hydrogen) atoms. The van der Waals surface area contributed by atoms with Crippen LogP contribution in [-0.4, -0.2) is 15.2 Å². The number of pyridine rings is 1. The molecule has 0 spiro atoms. The van der Waals surface area contributed by atoms with Crippen LogP contribution in [0, 0.1) is 6.92 Å². The molecule has 7 heteroatoms. The van der Waals surface area contributed by atoms with Gasteiger partial charge in [0.2, 0.25) is 0 Å². The first-order chi connectivity index (χ1) is 11.4. The van der Waals surface area contributed by atoms with Crippen molar-refractivity contribution in [2.45, 2.75) is 19.6 Å². The average Bonchev–Trinajstić information content (AvgIpc) is 3.02. The highest BCUT2D eigenvalue weighted by molar-refractivity contribution is 5.63. The van der Waals surface area contributed by atoms with Crippen LogP contribution in [0.15, 0.2) is 48.9 Å². The van der Waals surface area contributed by atoms with Gasteiger partial charge in [-0.2, -0.15) is 18.3 Å². The number of benzene rings is 1. The van der Waals surface area contributed by atoms with Gasteiger partial charge in [-0.3, -0.25) is 10.1 Å². The monoisotopic (exact) mass is 332 g/mol. The summed E-state index contributed by atoms with van der Waals surface area (Å²) in [4.78, 5) is 4.07. The number of rotatable bonds is 4. The normalized spacial score (nSPS) is 11.5. The predicted molar refractivity (Wildman–Crippen MR) is 85.3 cm³/mol. The van der Waals surface area contributed by atoms with E-state index in [1.165, 1.54) is 12.1 Å². The lowest BCUT2D eigenvalue weighted by molar-refractivity contribution is -0.137. The minimum atomic E-state index is -4.34. The van der Waals surface area contributed by atoms with Gasteiger partial charge in [0.1, 0.15) is 0 Å². The van der Waals surface area contributed by atoms with Crippen LogP contribution in [-0.2, 0) is 12.7 Å². The molecule has 0 bridgehead atoms. The minimum Gasteiger partial charge on any atom is -0.379 e. The fraction of sp³-hybridized carbons (Fsp3) is 0.176. The molecule has 0 unspecified atom stereocenters. The van der Waals surface area contributed by atoms with Crippen LogP contribution in [0.5, 0.6) is 0 Å². The summed E-state index contributed by atoms with van der Waals surface area (Å²) >= 11 is 0. The fourth-order valence-electron chi connectivity index (χ4n) is 2.36. The second-order valence-electron chi connectivity index (χ2n) is 5.38. The predicted octanol–water partition coefficient (Wildman–Crippen LogP) is 4.41. The zero-order valence-electron chi connectivity index (χ0n) is 12.9. The number of H-pyrrole nitrogens is 1. The second-order valence-corrected chi connectivity index (χ2v) is 5.38. The summed E-state index contributed by atoms with van der Waals surface area (Å²) in [6, 6.07) is 6.88. The van der Waals surface area contributed by atoms with E-state index in [2.05, 4.69) is 20.5 Å². The van der Waals surface area contributed by atoms with E-state index in [1.807, 2.05) is 13.0 Å². The molecule has 2 aromatic heterocycles. The quantitative estimate of drug-likeness (QED) is 0.744. The summed E-state index contributed by atoms with van der Waals surface area (Å²) in [5, 5.41) is 10.2. The molecule has 1 aromatic carbocycles. The third-order valence-corrected chi connectivity index (χ3v) is 3.71. The first-order valence-corrected chi connectivity index (χ1v) is 7.30. The highest BCUT2D eigenvalue weighted by Gasteiger charge is 2.30. The van der Waals surface area contributed by atoms with E-state index in [0.717, 1.165) is 28.9 Å². The summed E-state index contributed by atoms with van der Waals surface area (Å²) in [5.74, 6) is 0. The Hall–Kier alpha value is -2.83. The molecule has 0 radical (unpaired) electrons. The van der Waals surface area contributed by atoms with Crippen molar-refractivity contribution in [1.82, 2.24) is 15.2 Å². The molecule has 124 valence electrons. The molecular formula is C17H15F3N4. The number of halogens is 3. The zero-order chi connectivity index (χ0) is 17.2. The maximum Gasteiger partial charge on any atom is 0.416 e. The summed E-state index contributed by atoms with van der Waals surface area (Å²) < 4.78 is 37.9. The molecule has 0 saturated heterocycles. The molecule has 0 aliphatic carbocycles. The van der Waals surface area contributed by atoms with Crippen molar-refractivity contribution in [1.29, 1.82) is 0 Å². The Balaban J connectivity index is 1.79. The molecule has 2 heterocycles. The van der Waals surface area contributed by atoms with Crippen molar-refractivity contribution < 1.29 is 13.2 Å². The molecule has 2 N–H and O–H groups in total. The maximum atomic E-state index is 12.6. The van der Waals surface area contributed by atoms with Gasteiger partial charge in [0.15, 0.2) is 0 Å². The summed E-state index contributed by atoms with van der Waals surface area (Å²) in [5.41, 5.74) is 3.40. The van der Waals surface area contributed by atoms with E-state index >= 15 is 0 Å². The van der Waals surface area contributed by atoms with Gasteiger partial charge < -0.3 is 5.32 Å². The Labute approximate surface area is 136 Å². The summed E-state index contributed by atoms with van der Waals surface area (Å²) in [6.45, 7) is 2.45. The molecule has 0 aliphatic heterocycles. The number of aryl methyl sites for hydroxylation is 1. The Kier molecular flexibility index (Phi) is 4.24. The van der Waals surface area contributed by atoms with E-state index in [-0.39, 0.29) is 0 Å². The highest BCUT2D eigenvalue weighted by Crippen LogP contribution is 2.31. The zero-order valence-corrected chi connectivity index (χ0v) is 12.9. The van der Waals surface area contributed by atoms with E-state index in [4.69, 9.17) is 0 Å². The lowest BCUT2D eigenvalue weighted by Gasteiger charge is -2.10. The number of aromatic nitrogens is 3. The van der Waals surface area contributed by atoms with Gasteiger partial charge >= 0.3 is 6.18 Å². The third-order valence-electron chi connectivity index (χ3n) is 3.71. The number of nitrogens with one attached hydrogen (secondary N) is 2. The topological polar surface area (TPSA) is 53.6 Å². The summed E-state index contributed by atoms with van der Waals surface area (Å²) in [7, 11) is 0. The van der Waals surface area contributed by atoms with Crippen LogP contribution in [0.1, 0.15) is 16.7 Å². The molecular weight excluding hydrogens is 317 g/mol. The fourth-order valence-corrected chi connectivity index (χ4v) is 2.36. The third kappa shape index (κ3) is 3.40. The number of nitrogens with zero attached hydrogens (tertiary/aromatic N) is 2. The molecule has 0 saturated carbocycles. The van der Waals surface area contributed by atoms with Crippen LogP contribution in [0.2, 0.25) is 0 Å². The van der Waals surface area contributed by atoms with Crippen molar-refractivity contribution in [3.63, 3.8) is 0 Å². The number of anilines is 1. The minimum absolute atomic E-state index is 0.486. The molecule has 3 rings (SSSR count). The van der Waals surface area contributed by atoms with Crippen molar-refractivity contribution in [3.8, 4) is 11.3 Å². The van der Waals surface area contributed by atoms with Crippen molar-refractivity contribution in [2.75, 3.05) is 5.32 Å². The van der Waals surface area contributed by atoms with Gasteiger partial charge in [0.25, 0.3) is 0 Å². The van der Waals surface area contributed by atoms with Gasteiger partial charge in [0, 0.05) is 30.1 Å². The molecule has 0 fully saturated rings. The first kappa shape index (κ1) is 16.0. The Morgan fingerprint density at radius 2 is 1.88 bits per heavy atom. The van der Waals surface area contributed by atoms with Crippen LogP contribution in [0.4, 0.5) is 18.9 Å². The van der Waals surface area contributed by atoms with Crippen LogP contribution in [0.3, 0.4) is 0 Å². The standard InChI is InChI=1S/C17H15F3N4/c1-11-6-7-21-10-15(11)22-8-13-9-23-24-16(13)12-2-4-14(5-3-12)17(18,19)20/h2-7,9-10,22H,8H2,1H3,(H,23,24). The molecule has 0 aliphatic rings. The number of hydrogen-bond donors (Lipinski definition) is 2. The molecule has 0 atom stereocenters. The van der Waals surface area contributed by atoms with Gasteiger partial charge in [0.05, 0.1) is 23.1 Å². The lowest BCUT2D eigenvalue weighted by atomic mass is 10.1. The average molecular weight is 332 g/mol. The van der Waals surface area contributed by atoms with E-state index in [1.54, 1.807) is 18.6 Å². The number of hydrogen-bond acceptors (Lipinski definition) is 3. The van der Waals surface area contributed by atoms with Crippen molar-refractivity contribution >= 4 is 5.69 Å². The largest absolute Gasteiger partial charge is 0.416 e. The van der Waals surface area contributed by atoms with Gasteiger partial charge in [-0.25, -0.2) is 0 Å². The Morgan fingerprint density at radius 3 is 2.54 bits per heavy atom. The van der Waals surface area contributed by atoms with Crippen molar-refractivity contribution in [3.05, 3.63) is 65.6 Å². The van der Waals surface area contributed by atoms with E-state index < -0.39 is 11.7 Å². The molecule has 0 amide bonds. The SMILES string of the molecule is Cc1ccncc1NCc1c[nH]nc1-c1ccc(C(F)(F)F)cc1. The van der Waals surface area contributed by atoms with E-state index in [0.29, 0.717) is 17.8 Å². The van der Waals surface area contributed by atoms with Crippen LogP contribution in [0.25, 0.3) is 11.3 Å². The second kappa shape index (κ2) is 6.35. The number of alkyl halides is 3. The Morgan fingerprint density at radius 1 is 1.12 bits per heavy atom. The smallest absolute Gasteiger partial charge is 0.379 e. The van der Waals surface area contributed by atoms with Gasteiger partial charge in [-0.05, 0) is 30.7 Å². The number of aromatic amines is 1. The Bertz CT molecular complexity index is 822. The molecule has 3 aromatic rings. The van der Waals surface area contributed by atoms with Crippen LogP contribution < -0.4 is 5.32 Å².